The van der Waals surface area contributed by atoms with Crippen molar-refractivity contribution in [1.82, 2.24) is 15.1 Å². The van der Waals surface area contributed by atoms with Gasteiger partial charge in [0.05, 0.1) is 31.8 Å². The van der Waals surface area contributed by atoms with Crippen molar-refractivity contribution < 1.29 is 29.0 Å². The Hall–Kier alpha value is -3.18. The fourth-order valence-electron chi connectivity index (χ4n) is 4.78. The highest BCUT2D eigenvalue weighted by molar-refractivity contribution is 5.85. The number of benzene rings is 2. The smallest absolute Gasteiger partial charge is 0.239 e. The van der Waals surface area contributed by atoms with Crippen LogP contribution in [0.4, 0.5) is 0 Å². The van der Waals surface area contributed by atoms with Crippen LogP contribution >= 0.6 is 12.4 Å². The molecule has 3 amide bonds. The standard InChI is InChI=1S/C28H36N4O6.ClH/c29-16-28(36)32-13-11-25-24(17-32)30-26(34)18-31(12-2-14-33)27(35)10-7-20-5-8-22(9-6-20)38-23-4-1-3-21(15-23)19-37-25;/h1,3-6,8-9,15,24-25,33H,2,7,10-14,16-19,29H2,(H,30,34);1H/t24-,25-;/m0./s1. The molecule has 212 valence electrons. The van der Waals surface area contributed by atoms with Crippen molar-refractivity contribution in [3.63, 3.8) is 0 Å². The van der Waals surface area contributed by atoms with Crippen molar-refractivity contribution >= 4 is 30.1 Å². The molecule has 5 rings (SSSR count). The van der Waals surface area contributed by atoms with Crippen LogP contribution in [0.2, 0.25) is 0 Å². The maximum absolute atomic E-state index is 13.1. The number of nitrogens with one attached hydrogen (secondary N) is 1. The summed E-state index contributed by atoms with van der Waals surface area (Å²) in [6, 6.07) is 14.8. The van der Waals surface area contributed by atoms with Gasteiger partial charge in [-0.05, 0) is 54.7 Å². The van der Waals surface area contributed by atoms with Gasteiger partial charge >= 0.3 is 0 Å². The first kappa shape index (κ1) is 30.4. The molecule has 0 unspecified atom stereocenters. The van der Waals surface area contributed by atoms with Gasteiger partial charge in [0, 0.05) is 32.7 Å². The maximum atomic E-state index is 13.1. The zero-order valence-electron chi connectivity index (χ0n) is 21.9. The lowest BCUT2D eigenvalue weighted by molar-refractivity contribution is -0.138. The predicted molar refractivity (Wildman–Crippen MR) is 148 cm³/mol. The van der Waals surface area contributed by atoms with E-state index < -0.39 is 6.04 Å². The number of likely N-dealkylation sites (tertiary alicyclic amines) is 1. The van der Waals surface area contributed by atoms with E-state index in [-0.39, 0.29) is 75.4 Å². The van der Waals surface area contributed by atoms with Crippen LogP contribution < -0.4 is 15.8 Å². The summed E-state index contributed by atoms with van der Waals surface area (Å²) in [6.45, 7) is 1.00. The molecule has 1 saturated heterocycles. The largest absolute Gasteiger partial charge is 0.457 e. The Morgan fingerprint density at radius 2 is 1.87 bits per heavy atom. The van der Waals surface area contributed by atoms with Crippen molar-refractivity contribution in [3.8, 4) is 11.5 Å². The molecule has 2 atom stereocenters. The van der Waals surface area contributed by atoms with Gasteiger partial charge in [0.25, 0.3) is 0 Å². The van der Waals surface area contributed by atoms with Crippen LogP contribution in [0.25, 0.3) is 0 Å². The first-order valence-electron chi connectivity index (χ1n) is 13.1. The molecule has 0 saturated carbocycles. The number of aliphatic hydroxyl groups excluding tert-OH is 1. The third-order valence-corrected chi connectivity index (χ3v) is 6.85. The van der Waals surface area contributed by atoms with Crippen molar-refractivity contribution in [2.75, 3.05) is 39.3 Å². The minimum Gasteiger partial charge on any atom is -0.457 e. The molecule has 2 aromatic carbocycles. The second-order valence-corrected chi connectivity index (χ2v) is 9.64. The van der Waals surface area contributed by atoms with Gasteiger partial charge in [0.15, 0.2) is 0 Å². The first-order valence-corrected chi connectivity index (χ1v) is 13.1. The summed E-state index contributed by atoms with van der Waals surface area (Å²) < 4.78 is 12.3. The number of nitrogens with zero attached hydrogens (tertiary/aromatic N) is 2. The lowest BCUT2D eigenvalue weighted by Crippen LogP contribution is -2.59. The van der Waals surface area contributed by atoms with Crippen molar-refractivity contribution in [2.24, 2.45) is 5.73 Å². The fraction of sp³-hybridized carbons (Fsp3) is 0.464. The summed E-state index contributed by atoms with van der Waals surface area (Å²) in [7, 11) is 0. The second kappa shape index (κ2) is 14.8. The van der Waals surface area contributed by atoms with Crippen LogP contribution in [0.1, 0.15) is 30.4 Å². The highest BCUT2D eigenvalue weighted by Crippen LogP contribution is 2.24. The number of piperidine rings is 1. The topological polar surface area (TPSA) is 134 Å². The minimum absolute atomic E-state index is 0. The number of amides is 3. The number of hydrogen-bond donors (Lipinski definition) is 3. The van der Waals surface area contributed by atoms with E-state index in [0.717, 1.165) is 11.1 Å². The quantitative estimate of drug-likeness (QED) is 0.517. The molecule has 10 nitrogen and oxygen atoms in total. The van der Waals surface area contributed by atoms with Crippen molar-refractivity contribution in [1.29, 1.82) is 0 Å². The van der Waals surface area contributed by atoms with Crippen LogP contribution in [0.5, 0.6) is 11.5 Å². The number of fused-ring (bicyclic) bond motifs is 9. The molecule has 4 N–H and O–H groups in total. The van der Waals surface area contributed by atoms with E-state index in [2.05, 4.69) is 5.32 Å². The average molecular weight is 561 g/mol. The number of carbonyl (C=O) groups excluding carboxylic acids is 3. The minimum atomic E-state index is -0.460. The van der Waals surface area contributed by atoms with E-state index in [1.807, 2.05) is 48.5 Å². The lowest BCUT2D eigenvalue weighted by atomic mass is 10.0. The van der Waals surface area contributed by atoms with Gasteiger partial charge in [-0.1, -0.05) is 24.3 Å². The molecule has 0 spiro atoms. The van der Waals surface area contributed by atoms with Crippen molar-refractivity contribution in [2.45, 2.75) is 44.4 Å². The molecule has 3 aliphatic rings. The Balaban J connectivity index is 0.00000420. The van der Waals surface area contributed by atoms with Gasteiger partial charge in [-0.3, -0.25) is 14.4 Å². The van der Waals surface area contributed by atoms with Crippen LogP contribution in [0, 0.1) is 0 Å². The number of ether oxygens (including phenoxy) is 2. The Morgan fingerprint density at radius 3 is 2.62 bits per heavy atom. The summed E-state index contributed by atoms with van der Waals surface area (Å²) >= 11 is 0. The Morgan fingerprint density at radius 1 is 1.08 bits per heavy atom. The number of hydrogen-bond acceptors (Lipinski definition) is 7. The molecule has 3 heterocycles. The number of carbonyl (C=O) groups is 3. The van der Waals surface area contributed by atoms with Crippen LogP contribution in [-0.4, -0.2) is 84.1 Å². The summed E-state index contributed by atoms with van der Waals surface area (Å²) in [5.74, 6) is 0.672. The molecular weight excluding hydrogens is 524 g/mol. The molecule has 11 heteroatoms. The Labute approximate surface area is 234 Å². The monoisotopic (exact) mass is 560 g/mol. The molecule has 4 bridgehead atoms. The number of nitrogens with two attached hydrogens (primary N) is 1. The predicted octanol–water partition coefficient (Wildman–Crippen LogP) is 1.62. The summed E-state index contributed by atoms with van der Waals surface area (Å²) in [5.41, 5.74) is 7.47. The number of halogens is 1. The molecule has 39 heavy (non-hydrogen) atoms. The van der Waals surface area contributed by atoms with Crippen molar-refractivity contribution in [3.05, 3.63) is 59.7 Å². The zero-order valence-corrected chi connectivity index (χ0v) is 22.7. The van der Waals surface area contributed by atoms with E-state index in [9.17, 15) is 19.5 Å². The number of aryl methyl sites for hydroxylation is 1. The van der Waals surface area contributed by atoms with Gasteiger partial charge in [0.1, 0.15) is 11.5 Å². The SMILES string of the molecule is Cl.NCC(=O)N1CC[C@@H]2OCc3cccc(c3)Oc3ccc(cc3)CCC(=O)N(CCCO)CC(=O)N[C@H]2C1. The van der Waals surface area contributed by atoms with Gasteiger partial charge < -0.3 is 35.4 Å². The zero-order chi connectivity index (χ0) is 26.9. The third kappa shape index (κ3) is 8.66. The van der Waals surface area contributed by atoms with Crippen LogP contribution in [-0.2, 0) is 32.1 Å². The van der Waals surface area contributed by atoms with Gasteiger partial charge in [-0.25, -0.2) is 0 Å². The molecule has 0 aromatic heterocycles. The molecule has 2 aromatic rings. The fourth-order valence-corrected chi connectivity index (χ4v) is 4.78. The van der Waals surface area contributed by atoms with Crippen LogP contribution in [0.15, 0.2) is 48.5 Å². The number of rotatable bonds is 4. The molecule has 3 aliphatic heterocycles. The van der Waals surface area contributed by atoms with Crippen LogP contribution in [0.3, 0.4) is 0 Å². The van der Waals surface area contributed by atoms with E-state index in [0.29, 0.717) is 43.9 Å². The lowest BCUT2D eigenvalue weighted by Gasteiger charge is -2.39. The Bertz CT molecular complexity index is 1120. The highest BCUT2D eigenvalue weighted by atomic mass is 35.5. The molecule has 0 aliphatic carbocycles. The summed E-state index contributed by atoms with van der Waals surface area (Å²) in [6.07, 6.45) is 1.32. The molecular formula is C28H37ClN4O6. The van der Waals surface area contributed by atoms with Gasteiger partial charge in [0.2, 0.25) is 17.7 Å². The normalized spacial score (nSPS) is 20.5. The Kier molecular flexibility index (Phi) is 11.5. The van der Waals surface area contributed by atoms with Gasteiger partial charge in [-0.15, -0.1) is 12.4 Å². The second-order valence-electron chi connectivity index (χ2n) is 9.64. The molecule has 1 fully saturated rings. The van der Waals surface area contributed by atoms with E-state index in [1.54, 1.807) is 4.90 Å². The number of aliphatic hydroxyl groups is 1. The third-order valence-electron chi connectivity index (χ3n) is 6.85. The summed E-state index contributed by atoms with van der Waals surface area (Å²) in [5, 5.41) is 12.3. The molecule has 0 radical (unpaired) electrons. The highest BCUT2D eigenvalue weighted by Gasteiger charge is 2.33. The first-order chi connectivity index (χ1) is 18.4. The summed E-state index contributed by atoms with van der Waals surface area (Å²) in [4.78, 5) is 41.5. The average Bonchev–Trinajstić information content (AvgIpc) is 2.93. The van der Waals surface area contributed by atoms with E-state index in [1.165, 1.54) is 4.90 Å². The van der Waals surface area contributed by atoms with Gasteiger partial charge in [-0.2, -0.15) is 0 Å². The van der Waals surface area contributed by atoms with E-state index >= 15 is 0 Å². The maximum Gasteiger partial charge on any atom is 0.239 e. The van der Waals surface area contributed by atoms with E-state index in [4.69, 9.17) is 15.2 Å².